The molecule has 1 aliphatic heterocycles. The van der Waals surface area contributed by atoms with Gasteiger partial charge < -0.3 is 26.4 Å². The van der Waals surface area contributed by atoms with Crippen molar-refractivity contribution >= 4 is 47.0 Å². The van der Waals surface area contributed by atoms with Gasteiger partial charge in [0.15, 0.2) is 5.96 Å². The molecule has 0 saturated carbocycles. The van der Waals surface area contributed by atoms with Gasteiger partial charge in [-0.2, -0.15) is 13.2 Å². The molecule has 5 N–H and O–H groups in total. The Morgan fingerprint density at radius 3 is 2.26 bits per heavy atom. The fourth-order valence-electron chi connectivity index (χ4n) is 4.96. The van der Waals surface area contributed by atoms with E-state index in [0.29, 0.717) is 16.8 Å². The number of rotatable bonds is 11. The quantitative estimate of drug-likeness (QED) is 0.0931. The number of nitrogens with zero attached hydrogens (tertiary/aromatic N) is 3. The number of benzene rings is 3. The molecule has 246 valence electrons. The summed E-state index contributed by atoms with van der Waals surface area (Å²) in [4.78, 5) is 70.8. The lowest BCUT2D eigenvalue weighted by atomic mass is 9.99. The van der Waals surface area contributed by atoms with Crippen LogP contribution in [-0.4, -0.2) is 66.3 Å². The van der Waals surface area contributed by atoms with Gasteiger partial charge in [0, 0.05) is 18.7 Å². The lowest BCUT2D eigenvalue weighted by Crippen LogP contribution is -2.41. The van der Waals surface area contributed by atoms with E-state index < -0.39 is 48.9 Å². The highest BCUT2D eigenvalue weighted by Crippen LogP contribution is 2.37. The SMILES string of the molecule is NC(N)=NCCNC(=O)CCc1ccc2c(c1)C(=O)N(C(CC(=O)OC(=O)C(F)(F)F)c1ccccc1)CC(=O)N2c1ccccc1. The number of hydrogen-bond acceptors (Lipinski definition) is 7. The Hall–Kier alpha value is -5.73. The van der Waals surface area contributed by atoms with Crippen molar-refractivity contribution in [2.24, 2.45) is 16.5 Å². The lowest BCUT2D eigenvalue weighted by molar-refractivity contribution is -0.202. The number of aryl methyl sites for hydroxylation is 1. The molecule has 12 nitrogen and oxygen atoms in total. The van der Waals surface area contributed by atoms with Gasteiger partial charge in [-0.05, 0) is 41.8 Å². The van der Waals surface area contributed by atoms with Gasteiger partial charge in [0.05, 0.1) is 30.3 Å². The zero-order valence-corrected chi connectivity index (χ0v) is 24.9. The topological polar surface area (TPSA) is 177 Å². The number of ether oxygens (including phenoxy) is 1. The Labute approximate surface area is 267 Å². The van der Waals surface area contributed by atoms with E-state index in [1.807, 2.05) is 0 Å². The highest BCUT2D eigenvalue weighted by atomic mass is 19.4. The molecule has 0 radical (unpaired) electrons. The summed E-state index contributed by atoms with van der Waals surface area (Å²) in [5, 5.41) is 2.68. The Morgan fingerprint density at radius 2 is 1.62 bits per heavy atom. The first kappa shape index (κ1) is 34.1. The molecule has 1 heterocycles. The van der Waals surface area contributed by atoms with Crippen molar-refractivity contribution in [2.75, 3.05) is 24.5 Å². The van der Waals surface area contributed by atoms with Crippen molar-refractivity contribution in [3.8, 4) is 0 Å². The number of aliphatic imine (C=N–C) groups is 1. The van der Waals surface area contributed by atoms with Crippen LogP contribution in [0.15, 0.2) is 83.9 Å². The summed E-state index contributed by atoms with van der Waals surface area (Å²) in [5.41, 5.74) is 12.2. The molecule has 47 heavy (non-hydrogen) atoms. The monoisotopic (exact) mass is 652 g/mol. The number of halogens is 3. The maximum absolute atomic E-state index is 14.3. The third kappa shape index (κ3) is 8.93. The number of alkyl halides is 3. The normalized spacial score (nSPS) is 13.7. The van der Waals surface area contributed by atoms with Crippen LogP contribution in [0.3, 0.4) is 0 Å². The average molecular weight is 653 g/mol. The van der Waals surface area contributed by atoms with Crippen LogP contribution >= 0.6 is 0 Å². The minimum Gasteiger partial charge on any atom is -0.386 e. The number of esters is 2. The van der Waals surface area contributed by atoms with Crippen LogP contribution in [0.4, 0.5) is 24.5 Å². The van der Waals surface area contributed by atoms with E-state index in [4.69, 9.17) is 11.5 Å². The predicted molar refractivity (Wildman–Crippen MR) is 164 cm³/mol. The number of amides is 3. The zero-order valence-electron chi connectivity index (χ0n) is 24.9. The van der Waals surface area contributed by atoms with Crippen LogP contribution in [-0.2, 0) is 30.3 Å². The first-order valence-electron chi connectivity index (χ1n) is 14.4. The Kier molecular flexibility index (Phi) is 10.9. The molecule has 0 saturated heterocycles. The van der Waals surface area contributed by atoms with Gasteiger partial charge in [0.2, 0.25) is 5.91 Å². The summed E-state index contributed by atoms with van der Waals surface area (Å²) < 4.78 is 42.6. The molecule has 4 rings (SSSR count). The van der Waals surface area contributed by atoms with E-state index in [2.05, 4.69) is 15.0 Å². The highest BCUT2D eigenvalue weighted by molar-refractivity contribution is 6.13. The van der Waals surface area contributed by atoms with Crippen molar-refractivity contribution in [3.05, 3.63) is 95.6 Å². The second-order valence-electron chi connectivity index (χ2n) is 10.4. The maximum atomic E-state index is 14.3. The van der Waals surface area contributed by atoms with Crippen molar-refractivity contribution in [1.29, 1.82) is 0 Å². The maximum Gasteiger partial charge on any atom is 0.491 e. The van der Waals surface area contributed by atoms with Gasteiger partial charge in [0.1, 0.15) is 6.54 Å². The Morgan fingerprint density at radius 1 is 0.957 bits per heavy atom. The molecule has 0 aliphatic carbocycles. The Balaban J connectivity index is 1.69. The summed E-state index contributed by atoms with van der Waals surface area (Å²) in [7, 11) is 0. The van der Waals surface area contributed by atoms with Gasteiger partial charge in [-0.3, -0.25) is 29.1 Å². The molecule has 15 heteroatoms. The second kappa shape index (κ2) is 15.0. The molecular weight excluding hydrogens is 621 g/mol. The first-order valence-corrected chi connectivity index (χ1v) is 14.4. The number of carbonyl (C=O) groups is 5. The number of fused-ring (bicyclic) bond motifs is 1. The summed E-state index contributed by atoms with van der Waals surface area (Å²) in [6, 6.07) is 19.8. The van der Waals surface area contributed by atoms with E-state index in [1.165, 1.54) is 23.1 Å². The average Bonchev–Trinajstić information content (AvgIpc) is 3.14. The molecule has 3 aromatic carbocycles. The predicted octanol–water partition coefficient (Wildman–Crippen LogP) is 2.89. The third-order valence-electron chi connectivity index (χ3n) is 7.09. The molecule has 1 unspecified atom stereocenters. The fourth-order valence-corrected chi connectivity index (χ4v) is 4.96. The van der Waals surface area contributed by atoms with Crippen molar-refractivity contribution in [2.45, 2.75) is 31.5 Å². The molecule has 0 spiro atoms. The molecular formula is C32H31F3N6O6. The van der Waals surface area contributed by atoms with Crippen LogP contribution in [0.2, 0.25) is 0 Å². The van der Waals surface area contributed by atoms with Gasteiger partial charge in [-0.1, -0.05) is 54.6 Å². The van der Waals surface area contributed by atoms with E-state index in [-0.39, 0.29) is 49.0 Å². The Bertz CT molecular complexity index is 1660. The molecule has 0 fully saturated rings. The van der Waals surface area contributed by atoms with Crippen molar-refractivity contribution in [1.82, 2.24) is 10.2 Å². The summed E-state index contributed by atoms with van der Waals surface area (Å²) in [6.45, 7) is -0.169. The van der Waals surface area contributed by atoms with Gasteiger partial charge in [0.25, 0.3) is 11.8 Å². The van der Waals surface area contributed by atoms with E-state index in [0.717, 1.165) is 4.90 Å². The molecule has 3 amide bonds. The van der Waals surface area contributed by atoms with Crippen LogP contribution in [0.5, 0.6) is 0 Å². The number of nitrogens with two attached hydrogens (primary N) is 2. The molecule has 1 aliphatic rings. The van der Waals surface area contributed by atoms with Crippen molar-refractivity contribution < 1.29 is 41.9 Å². The standard InChI is InChI=1S/C32H31F3N6O6/c33-32(34,35)30(46)47-28(44)18-25(21-7-3-1-4-8-21)40-19-27(43)41(22-9-5-2-6-10-22)24-13-11-20(17-23(24)29(40)45)12-14-26(42)38-15-16-39-31(36)37/h1-11,13,17,25H,12,14-16,18-19H2,(H,38,42)(H4,36,37,39). The molecule has 1 atom stereocenters. The summed E-state index contributed by atoms with van der Waals surface area (Å²) in [5.74, 6) is -5.91. The largest absolute Gasteiger partial charge is 0.491 e. The first-order chi connectivity index (χ1) is 22.3. The number of guanidine groups is 1. The van der Waals surface area contributed by atoms with Gasteiger partial charge >= 0.3 is 18.1 Å². The minimum absolute atomic E-state index is 0.0472. The van der Waals surface area contributed by atoms with Gasteiger partial charge in [-0.25, -0.2) is 4.79 Å². The highest BCUT2D eigenvalue weighted by Gasteiger charge is 2.43. The number of carbonyl (C=O) groups excluding carboxylic acids is 5. The number of hydrogen-bond donors (Lipinski definition) is 3. The summed E-state index contributed by atoms with van der Waals surface area (Å²) in [6.07, 6.45) is -6.01. The van der Waals surface area contributed by atoms with Gasteiger partial charge in [-0.15, -0.1) is 0 Å². The number of anilines is 2. The third-order valence-corrected chi connectivity index (χ3v) is 7.09. The van der Waals surface area contributed by atoms with Crippen molar-refractivity contribution in [3.63, 3.8) is 0 Å². The number of para-hydroxylation sites is 1. The smallest absolute Gasteiger partial charge is 0.386 e. The minimum atomic E-state index is -5.42. The molecule has 0 bridgehead atoms. The van der Waals surface area contributed by atoms with E-state index >= 15 is 0 Å². The zero-order chi connectivity index (χ0) is 34.1. The van der Waals surface area contributed by atoms with E-state index in [1.54, 1.807) is 60.7 Å². The van der Waals surface area contributed by atoms with Crippen LogP contribution in [0.25, 0.3) is 0 Å². The fraction of sp³-hybridized carbons (Fsp3) is 0.250. The second-order valence-corrected chi connectivity index (χ2v) is 10.4. The summed E-state index contributed by atoms with van der Waals surface area (Å²) >= 11 is 0. The van der Waals surface area contributed by atoms with E-state index in [9.17, 15) is 37.1 Å². The van der Waals surface area contributed by atoms with Crippen LogP contribution < -0.4 is 21.7 Å². The van der Waals surface area contributed by atoms with Crippen LogP contribution in [0, 0.1) is 0 Å². The van der Waals surface area contributed by atoms with Crippen LogP contribution in [0.1, 0.15) is 40.4 Å². The number of nitrogens with one attached hydrogen (secondary N) is 1. The molecule has 3 aromatic rings. The lowest BCUT2D eigenvalue weighted by Gasteiger charge is -2.30. The molecule has 0 aromatic heterocycles.